The van der Waals surface area contributed by atoms with Gasteiger partial charge in [-0.3, -0.25) is 4.72 Å². The molecule has 0 amide bonds. The van der Waals surface area contributed by atoms with E-state index in [2.05, 4.69) is 4.72 Å². The average molecular weight is 416 g/mol. The van der Waals surface area contributed by atoms with Gasteiger partial charge in [-0.2, -0.15) is 11.3 Å². The largest absolute Gasteiger partial charge is 0.493 e. The van der Waals surface area contributed by atoms with Crippen molar-refractivity contribution in [3.8, 4) is 5.75 Å². The highest BCUT2D eigenvalue weighted by atomic mass is 32.2. The van der Waals surface area contributed by atoms with Crippen LogP contribution in [0.3, 0.4) is 0 Å². The molecule has 5 nitrogen and oxygen atoms in total. The number of nitrogens with one attached hydrogen (secondary N) is 1. The van der Waals surface area contributed by atoms with Crippen LogP contribution in [0.5, 0.6) is 5.75 Å². The number of thiophene rings is 1. The van der Waals surface area contributed by atoms with E-state index < -0.39 is 16.1 Å². The van der Waals surface area contributed by atoms with Gasteiger partial charge in [0, 0.05) is 17.5 Å². The lowest BCUT2D eigenvalue weighted by molar-refractivity contribution is 0.179. The second-order valence-electron chi connectivity index (χ2n) is 6.07. The molecule has 28 heavy (non-hydrogen) atoms. The molecular formula is C21H21NO4S2. The Hall–Kier alpha value is -2.61. The van der Waals surface area contributed by atoms with Gasteiger partial charge >= 0.3 is 0 Å². The zero-order valence-corrected chi connectivity index (χ0v) is 16.7. The van der Waals surface area contributed by atoms with Crippen LogP contribution in [0.1, 0.15) is 12.0 Å². The van der Waals surface area contributed by atoms with Crippen molar-refractivity contribution in [3.05, 3.63) is 83.1 Å². The molecule has 0 saturated carbocycles. The van der Waals surface area contributed by atoms with E-state index >= 15 is 0 Å². The number of hydrogen-bond donors (Lipinski definition) is 2. The first-order valence-corrected chi connectivity index (χ1v) is 11.1. The van der Waals surface area contributed by atoms with E-state index in [4.69, 9.17) is 4.74 Å². The van der Waals surface area contributed by atoms with Gasteiger partial charge in [0.1, 0.15) is 5.75 Å². The summed E-state index contributed by atoms with van der Waals surface area (Å²) < 4.78 is 32.7. The van der Waals surface area contributed by atoms with Crippen molar-refractivity contribution in [2.24, 2.45) is 0 Å². The van der Waals surface area contributed by atoms with Crippen molar-refractivity contribution in [1.82, 2.24) is 0 Å². The van der Waals surface area contributed by atoms with Gasteiger partial charge in [-0.05, 0) is 41.3 Å². The van der Waals surface area contributed by atoms with Crippen LogP contribution in [0.15, 0.2) is 82.4 Å². The summed E-state index contributed by atoms with van der Waals surface area (Å²) in [4.78, 5) is 0.243. The molecule has 3 rings (SSSR count). The molecule has 1 aromatic heterocycles. The smallest absolute Gasteiger partial charge is 0.262 e. The number of benzene rings is 2. The van der Waals surface area contributed by atoms with Crippen molar-refractivity contribution < 1.29 is 18.3 Å². The Balaban J connectivity index is 1.55. The molecule has 0 radical (unpaired) electrons. The van der Waals surface area contributed by atoms with Gasteiger partial charge < -0.3 is 9.84 Å². The van der Waals surface area contributed by atoms with Crippen LogP contribution in [0.25, 0.3) is 6.08 Å². The van der Waals surface area contributed by atoms with Crippen molar-refractivity contribution in [2.45, 2.75) is 17.4 Å². The Labute approximate surface area is 169 Å². The number of ether oxygens (including phenoxy) is 1. The van der Waals surface area contributed by atoms with E-state index in [0.717, 1.165) is 11.3 Å². The summed E-state index contributed by atoms with van der Waals surface area (Å²) in [5, 5.41) is 13.4. The Kier molecular flexibility index (Phi) is 6.86. The molecule has 0 fully saturated rings. The van der Waals surface area contributed by atoms with E-state index in [-0.39, 0.29) is 4.90 Å². The Bertz CT molecular complexity index is 1000. The number of rotatable bonds is 9. The third-order valence-electron chi connectivity index (χ3n) is 3.88. The second kappa shape index (κ2) is 9.54. The Morgan fingerprint density at radius 3 is 2.68 bits per heavy atom. The predicted molar refractivity (Wildman–Crippen MR) is 113 cm³/mol. The number of aliphatic hydroxyl groups is 1. The fraction of sp³-hybridized carbons (Fsp3) is 0.143. The topological polar surface area (TPSA) is 75.6 Å². The molecule has 0 bridgehead atoms. The van der Waals surface area contributed by atoms with E-state index in [9.17, 15) is 13.5 Å². The van der Waals surface area contributed by atoms with Crippen LogP contribution >= 0.6 is 11.3 Å². The fourth-order valence-electron chi connectivity index (χ4n) is 2.46. The third-order valence-corrected chi connectivity index (χ3v) is 6.09. The highest BCUT2D eigenvalue weighted by Gasteiger charge is 2.14. The van der Waals surface area contributed by atoms with Gasteiger partial charge in [0.2, 0.25) is 0 Å². The fourth-order valence-corrected chi connectivity index (χ4v) is 4.54. The normalized spacial score (nSPS) is 12.8. The molecule has 3 aromatic rings. The molecule has 2 N–H and O–H groups in total. The number of aliphatic hydroxyl groups excluding tert-OH is 1. The molecule has 0 saturated heterocycles. The molecule has 1 heterocycles. The first-order chi connectivity index (χ1) is 13.5. The molecule has 1 atom stereocenters. The number of para-hydroxylation sites is 1. The first-order valence-electron chi connectivity index (χ1n) is 8.72. The summed E-state index contributed by atoms with van der Waals surface area (Å²) in [6.07, 6.45) is 3.22. The minimum Gasteiger partial charge on any atom is -0.493 e. The predicted octanol–water partition coefficient (Wildman–Crippen LogP) is 4.39. The molecule has 146 valence electrons. The lowest BCUT2D eigenvalue weighted by atomic mass is 10.1. The Morgan fingerprint density at radius 2 is 1.93 bits per heavy atom. The van der Waals surface area contributed by atoms with Crippen molar-refractivity contribution >= 4 is 33.1 Å². The summed E-state index contributed by atoms with van der Waals surface area (Å²) in [6, 6.07) is 18.0. The number of hydrogen-bond acceptors (Lipinski definition) is 5. The van der Waals surface area contributed by atoms with E-state index in [0.29, 0.717) is 18.7 Å². The van der Waals surface area contributed by atoms with E-state index in [1.54, 1.807) is 47.2 Å². The van der Waals surface area contributed by atoms with Gasteiger partial charge in [-0.25, -0.2) is 8.42 Å². The molecule has 7 heteroatoms. The third kappa shape index (κ3) is 5.95. The highest BCUT2D eigenvalue weighted by molar-refractivity contribution is 7.92. The summed E-state index contributed by atoms with van der Waals surface area (Å²) in [7, 11) is -3.59. The summed E-state index contributed by atoms with van der Waals surface area (Å²) >= 11 is 1.33. The van der Waals surface area contributed by atoms with Crippen LogP contribution in [0.2, 0.25) is 0 Å². The van der Waals surface area contributed by atoms with Crippen LogP contribution in [-0.2, 0) is 10.0 Å². The lowest BCUT2D eigenvalue weighted by Crippen LogP contribution is -2.12. The molecule has 0 aliphatic rings. The molecular weight excluding hydrogens is 394 g/mol. The maximum absolute atomic E-state index is 12.3. The zero-order chi connectivity index (χ0) is 19.8. The van der Waals surface area contributed by atoms with Gasteiger partial charge in [0.15, 0.2) is 0 Å². The van der Waals surface area contributed by atoms with Crippen molar-refractivity contribution in [2.75, 3.05) is 11.3 Å². The van der Waals surface area contributed by atoms with Crippen LogP contribution in [0.4, 0.5) is 5.69 Å². The molecule has 2 aromatic carbocycles. The molecule has 0 spiro atoms. The average Bonchev–Trinajstić information content (AvgIpc) is 3.23. The molecule has 0 aliphatic carbocycles. The van der Waals surface area contributed by atoms with Crippen molar-refractivity contribution in [3.63, 3.8) is 0 Å². The van der Waals surface area contributed by atoms with Crippen molar-refractivity contribution in [1.29, 1.82) is 0 Å². The summed E-state index contributed by atoms with van der Waals surface area (Å²) in [6.45, 7) is 0.399. The molecule has 0 aliphatic heterocycles. The monoisotopic (exact) mass is 415 g/mol. The van der Waals surface area contributed by atoms with Gasteiger partial charge in [0.05, 0.1) is 17.6 Å². The van der Waals surface area contributed by atoms with E-state index in [1.165, 1.54) is 11.3 Å². The zero-order valence-electron chi connectivity index (χ0n) is 15.1. The standard InChI is InChI=1S/C21H21NO4S2/c23-19(11-13-26-20-7-2-1-3-8-20)10-9-17-5-4-6-18(15-17)22-28(24,25)21-12-14-27-16-21/h1-10,12,14-16,19,22-23H,11,13H2/b10-9+/t19-/m0/s1. The van der Waals surface area contributed by atoms with Crippen LogP contribution in [-0.4, -0.2) is 26.2 Å². The summed E-state index contributed by atoms with van der Waals surface area (Å²) in [5.74, 6) is 0.768. The quantitative estimate of drug-likeness (QED) is 0.543. The molecule has 0 unspecified atom stereocenters. The van der Waals surface area contributed by atoms with E-state index in [1.807, 2.05) is 36.4 Å². The SMILES string of the molecule is O=S(=O)(Nc1cccc(/C=C/[C@H](O)CCOc2ccccc2)c1)c1ccsc1. The van der Waals surface area contributed by atoms with Crippen LogP contribution < -0.4 is 9.46 Å². The first kappa shape index (κ1) is 20.1. The lowest BCUT2D eigenvalue weighted by Gasteiger charge is -2.09. The van der Waals surface area contributed by atoms with Gasteiger partial charge in [-0.1, -0.05) is 42.5 Å². The maximum Gasteiger partial charge on any atom is 0.262 e. The summed E-state index contributed by atoms with van der Waals surface area (Å²) in [5.41, 5.74) is 1.25. The maximum atomic E-state index is 12.3. The second-order valence-corrected chi connectivity index (χ2v) is 8.53. The number of sulfonamides is 1. The Morgan fingerprint density at radius 1 is 1.11 bits per heavy atom. The highest BCUT2D eigenvalue weighted by Crippen LogP contribution is 2.19. The number of anilines is 1. The van der Waals surface area contributed by atoms with Crippen LogP contribution in [0, 0.1) is 0 Å². The van der Waals surface area contributed by atoms with Gasteiger partial charge in [-0.15, -0.1) is 0 Å². The van der Waals surface area contributed by atoms with Gasteiger partial charge in [0.25, 0.3) is 10.0 Å². The minimum atomic E-state index is -3.59. The minimum absolute atomic E-state index is 0.243.